The molecule has 1 aliphatic heterocycles. The van der Waals surface area contributed by atoms with Gasteiger partial charge in [0.2, 0.25) is 0 Å². The largest absolute Gasteiger partial charge is 0.492 e. The molecule has 1 unspecified atom stereocenters. The Labute approximate surface area is 145 Å². The zero-order chi connectivity index (χ0) is 16.8. The van der Waals surface area contributed by atoms with Crippen LogP contribution in [-0.2, 0) is 13.0 Å². The first kappa shape index (κ1) is 17.0. The Morgan fingerprint density at radius 2 is 2.12 bits per heavy atom. The summed E-state index contributed by atoms with van der Waals surface area (Å²) in [4.78, 5) is 7.13. The summed E-state index contributed by atoms with van der Waals surface area (Å²) in [5, 5.41) is 0. The Morgan fingerprint density at radius 1 is 1.25 bits per heavy atom. The predicted molar refractivity (Wildman–Crippen MR) is 97.6 cm³/mol. The number of imidazole rings is 1. The molecule has 1 saturated heterocycles. The Morgan fingerprint density at radius 3 is 2.96 bits per heavy atom. The van der Waals surface area contributed by atoms with Crippen molar-refractivity contribution in [2.24, 2.45) is 0 Å². The fraction of sp³-hybridized carbons (Fsp3) is 0.550. The fourth-order valence-electron chi connectivity index (χ4n) is 3.64. The fourth-order valence-corrected chi connectivity index (χ4v) is 3.64. The standard InChI is InChI=1S/C20H29N3O/c1-3-17-8-5-6-10-19(17)24-15-14-22-12-7-9-18(16-22)20-21-11-13-23(20)4-2/h5-6,8,10-11,13,18H,3-4,7,9,12,14-16H2,1-2H3. The summed E-state index contributed by atoms with van der Waals surface area (Å²) in [5.41, 5.74) is 1.29. The lowest BCUT2D eigenvalue weighted by Crippen LogP contribution is -2.37. The van der Waals surface area contributed by atoms with E-state index < -0.39 is 0 Å². The van der Waals surface area contributed by atoms with E-state index in [-0.39, 0.29) is 0 Å². The minimum atomic E-state index is 0.552. The van der Waals surface area contributed by atoms with E-state index in [2.05, 4.69) is 58.8 Å². The van der Waals surface area contributed by atoms with Crippen LogP contribution in [0.3, 0.4) is 0 Å². The molecule has 0 amide bonds. The predicted octanol–water partition coefficient (Wildman–Crippen LogP) is 3.72. The highest BCUT2D eigenvalue weighted by atomic mass is 16.5. The molecule has 1 atom stereocenters. The normalized spacial score (nSPS) is 18.7. The number of para-hydroxylation sites is 1. The van der Waals surface area contributed by atoms with Gasteiger partial charge in [0, 0.05) is 37.9 Å². The Bertz CT molecular complexity index is 637. The molecule has 0 saturated carbocycles. The van der Waals surface area contributed by atoms with Gasteiger partial charge in [-0.1, -0.05) is 25.1 Å². The van der Waals surface area contributed by atoms with Crippen molar-refractivity contribution in [3.8, 4) is 5.75 Å². The van der Waals surface area contributed by atoms with Crippen LogP contribution in [-0.4, -0.2) is 40.7 Å². The van der Waals surface area contributed by atoms with Crippen molar-refractivity contribution in [1.82, 2.24) is 14.5 Å². The van der Waals surface area contributed by atoms with Crippen molar-refractivity contribution < 1.29 is 4.74 Å². The molecule has 0 radical (unpaired) electrons. The maximum Gasteiger partial charge on any atom is 0.122 e. The van der Waals surface area contributed by atoms with E-state index in [9.17, 15) is 0 Å². The molecule has 2 aromatic rings. The molecule has 0 aliphatic carbocycles. The average molecular weight is 327 g/mol. The van der Waals surface area contributed by atoms with Crippen LogP contribution in [0.4, 0.5) is 0 Å². The summed E-state index contributed by atoms with van der Waals surface area (Å²) in [6.45, 7) is 9.37. The molecule has 3 rings (SSSR count). The van der Waals surface area contributed by atoms with Gasteiger partial charge in [-0.15, -0.1) is 0 Å². The number of ether oxygens (including phenoxy) is 1. The minimum absolute atomic E-state index is 0.552. The lowest BCUT2D eigenvalue weighted by Gasteiger charge is -2.32. The summed E-state index contributed by atoms with van der Waals surface area (Å²) >= 11 is 0. The van der Waals surface area contributed by atoms with Crippen molar-refractivity contribution in [3.05, 3.63) is 48.0 Å². The van der Waals surface area contributed by atoms with E-state index >= 15 is 0 Å². The molecule has 4 heteroatoms. The van der Waals surface area contributed by atoms with Crippen molar-refractivity contribution in [2.75, 3.05) is 26.2 Å². The van der Waals surface area contributed by atoms with Gasteiger partial charge < -0.3 is 9.30 Å². The summed E-state index contributed by atoms with van der Waals surface area (Å²) in [7, 11) is 0. The van der Waals surface area contributed by atoms with Crippen molar-refractivity contribution in [3.63, 3.8) is 0 Å². The number of piperidine rings is 1. The monoisotopic (exact) mass is 327 g/mol. The van der Waals surface area contributed by atoms with Gasteiger partial charge in [0.25, 0.3) is 0 Å². The van der Waals surface area contributed by atoms with Crippen LogP contribution in [0, 0.1) is 0 Å². The summed E-state index contributed by atoms with van der Waals surface area (Å²) in [6.07, 6.45) is 7.53. The van der Waals surface area contributed by atoms with Crippen LogP contribution in [0.25, 0.3) is 0 Å². The average Bonchev–Trinajstić information content (AvgIpc) is 3.11. The molecule has 0 bridgehead atoms. The first-order valence-electron chi connectivity index (χ1n) is 9.25. The van der Waals surface area contributed by atoms with E-state index in [0.717, 1.165) is 38.4 Å². The van der Waals surface area contributed by atoms with Gasteiger partial charge in [-0.3, -0.25) is 4.90 Å². The van der Waals surface area contributed by atoms with Crippen molar-refractivity contribution in [1.29, 1.82) is 0 Å². The van der Waals surface area contributed by atoms with Gasteiger partial charge in [-0.05, 0) is 44.4 Å². The third-order valence-corrected chi connectivity index (χ3v) is 4.98. The minimum Gasteiger partial charge on any atom is -0.492 e. The smallest absolute Gasteiger partial charge is 0.122 e. The lowest BCUT2D eigenvalue weighted by molar-refractivity contribution is 0.166. The first-order chi connectivity index (χ1) is 11.8. The molecule has 1 aromatic heterocycles. The molecule has 2 heterocycles. The van der Waals surface area contributed by atoms with Gasteiger partial charge >= 0.3 is 0 Å². The van der Waals surface area contributed by atoms with Crippen molar-refractivity contribution >= 4 is 0 Å². The zero-order valence-corrected chi connectivity index (χ0v) is 14.9. The molecule has 24 heavy (non-hydrogen) atoms. The lowest BCUT2D eigenvalue weighted by atomic mass is 9.97. The molecule has 1 aliphatic rings. The number of likely N-dealkylation sites (tertiary alicyclic amines) is 1. The van der Waals surface area contributed by atoms with Crippen LogP contribution < -0.4 is 4.74 Å². The third kappa shape index (κ3) is 3.99. The molecule has 4 nitrogen and oxygen atoms in total. The van der Waals surface area contributed by atoms with E-state index in [4.69, 9.17) is 4.74 Å². The van der Waals surface area contributed by atoms with Gasteiger partial charge in [-0.25, -0.2) is 4.98 Å². The number of aryl methyl sites for hydroxylation is 2. The Balaban J connectivity index is 1.52. The maximum atomic E-state index is 6.04. The van der Waals surface area contributed by atoms with E-state index in [1.165, 1.54) is 30.8 Å². The topological polar surface area (TPSA) is 30.3 Å². The molecular weight excluding hydrogens is 298 g/mol. The van der Waals surface area contributed by atoms with Gasteiger partial charge in [0.1, 0.15) is 18.2 Å². The molecule has 1 aromatic carbocycles. The molecule has 0 spiro atoms. The van der Waals surface area contributed by atoms with Gasteiger partial charge in [0.15, 0.2) is 0 Å². The summed E-state index contributed by atoms with van der Waals surface area (Å²) < 4.78 is 8.32. The van der Waals surface area contributed by atoms with Crippen LogP contribution in [0.1, 0.15) is 44.0 Å². The first-order valence-corrected chi connectivity index (χ1v) is 9.25. The number of aromatic nitrogens is 2. The SMILES string of the molecule is CCc1ccccc1OCCN1CCCC(c2nccn2CC)C1. The van der Waals surface area contributed by atoms with Gasteiger partial charge in [0.05, 0.1) is 0 Å². The number of hydrogen-bond donors (Lipinski definition) is 0. The number of benzene rings is 1. The second-order valence-corrected chi connectivity index (χ2v) is 6.52. The number of nitrogens with zero attached hydrogens (tertiary/aromatic N) is 3. The highest BCUT2D eigenvalue weighted by molar-refractivity contribution is 5.33. The summed E-state index contributed by atoms with van der Waals surface area (Å²) in [5.74, 6) is 2.84. The molecule has 1 fully saturated rings. The highest BCUT2D eigenvalue weighted by Crippen LogP contribution is 2.26. The van der Waals surface area contributed by atoms with Crippen LogP contribution in [0.2, 0.25) is 0 Å². The Kier molecular flexibility index (Phi) is 5.91. The van der Waals surface area contributed by atoms with Crippen LogP contribution in [0.15, 0.2) is 36.7 Å². The van der Waals surface area contributed by atoms with E-state index in [1.807, 2.05) is 6.20 Å². The second kappa shape index (κ2) is 8.34. The van der Waals surface area contributed by atoms with E-state index in [0.29, 0.717) is 5.92 Å². The zero-order valence-electron chi connectivity index (χ0n) is 14.9. The van der Waals surface area contributed by atoms with Crippen LogP contribution in [0.5, 0.6) is 5.75 Å². The maximum absolute atomic E-state index is 6.04. The number of rotatable bonds is 7. The molecule has 130 valence electrons. The molecule has 0 N–H and O–H groups in total. The third-order valence-electron chi connectivity index (χ3n) is 4.98. The summed E-state index contributed by atoms with van der Waals surface area (Å²) in [6, 6.07) is 8.36. The van der Waals surface area contributed by atoms with Crippen molar-refractivity contribution in [2.45, 2.75) is 45.6 Å². The Hall–Kier alpha value is -1.81. The quantitative estimate of drug-likeness (QED) is 0.776. The highest BCUT2D eigenvalue weighted by Gasteiger charge is 2.24. The number of hydrogen-bond acceptors (Lipinski definition) is 3. The molecular formula is C20H29N3O. The van der Waals surface area contributed by atoms with Crippen LogP contribution >= 0.6 is 0 Å². The van der Waals surface area contributed by atoms with E-state index in [1.54, 1.807) is 0 Å². The van der Waals surface area contributed by atoms with Gasteiger partial charge in [-0.2, -0.15) is 0 Å². The second-order valence-electron chi connectivity index (χ2n) is 6.52.